The number of nitrogens with one attached hydrogen (secondary N) is 2. The molecule has 106 valence electrons. The van der Waals surface area contributed by atoms with Gasteiger partial charge >= 0.3 is 0 Å². The summed E-state index contributed by atoms with van der Waals surface area (Å²) in [6.07, 6.45) is 1.85. The van der Waals surface area contributed by atoms with Crippen molar-refractivity contribution < 1.29 is 13.6 Å². The Morgan fingerprint density at radius 3 is 2.84 bits per heavy atom. The molecule has 1 aromatic heterocycles. The molecule has 0 bridgehead atoms. The van der Waals surface area contributed by atoms with E-state index in [1.807, 2.05) is 5.38 Å². The van der Waals surface area contributed by atoms with E-state index >= 15 is 0 Å². The fourth-order valence-corrected chi connectivity index (χ4v) is 2.80. The van der Waals surface area contributed by atoms with Crippen LogP contribution in [0.5, 0.6) is 0 Å². The van der Waals surface area contributed by atoms with Gasteiger partial charge in [-0.25, -0.2) is 13.8 Å². The van der Waals surface area contributed by atoms with E-state index in [2.05, 4.69) is 15.6 Å². The van der Waals surface area contributed by atoms with Gasteiger partial charge in [0.1, 0.15) is 0 Å². The molecule has 1 aromatic rings. The van der Waals surface area contributed by atoms with Crippen LogP contribution in [-0.2, 0) is 4.79 Å². The molecule has 2 heterocycles. The third kappa shape index (κ3) is 3.40. The quantitative estimate of drug-likeness (QED) is 0.901. The maximum absolute atomic E-state index is 13.0. The largest absolute Gasteiger partial charge is 0.301 e. The van der Waals surface area contributed by atoms with Gasteiger partial charge in [0, 0.05) is 17.7 Å². The highest BCUT2D eigenvalue weighted by Gasteiger charge is 2.42. The number of rotatable bonds is 3. The van der Waals surface area contributed by atoms with Crippen molar-refractivity contribution in [3.8, 4) is 0 Å². The van der Waals surface area contributed by atoms with Crippen LogP contribution < -0.4 is 10.6 Å². The smallest absolute Gasteiger partial charge is 0.262 e. The molecule has 1 saturated heterocycles. The molecule has 0 spiro atoms. The summed E-state index contributed by atoms with van der Waals surface area (Å²) in [4.78, 5) is 16.0. The Labute approximate surface area is 119 Å². The number of aromatic nitrogens is 1. The normalized spacial score (nSPS) is 24.8. The first kappa shape index (κ1) is 14.6. The second-order valence-electron chi connectivity index (χ2n) is 4.83. The van der Waals surface area contributed by atoms with Crippen LogP contribution in [0, 0.1) is 0 Å². The average molecular weight is 310 g/mol. The molecule has 1 amide bonds. The molecule has 1 aliphatic carbocycles. The lowest BCUT2D eigenvalue weighted by Crippen LogP contribution is -2.35. The highest BCUT2D eigenvalue weighted by molar-refractivity contribution is 7.13. The van der Waals surface area contributed by atoms with E-state index < -0.39 is 30.8 Å². The maximum atomic E-state index is 13.0. The zero-order valence-electron chi connectivity index (χ0n) is 9.99. The van der Waals surface area contributed by atoms with Crippen molar-refractivity contribution in [2.75, 3.05) is 11.9 Å². The summed E-state index contributed by atoms with van der Waals surface area (Å²) in [6, 6.07) is -0.826. The minimum absolute atomic E-state index is 0. The molecule has 2 aliphatic rings. The Hall–Kier alpha value is -0.790. The van der Waals surface area contributed by atoms with E-state index in [1.54, 1.807) is 0 Å². The standard InChI is InChI=1S/C11H13F2N3OS.ClH/c12-11(13)3-7(14-5-11)9(17)16-10-15-8(4-18-10)6-1-2-6;/h4,6-7,14H,1-3,5H2,(H,15,16,17);1H. The molecule has 19 heavy (non-hydrogen) atoms. The summed E-state index contributed by atoms with van der Waals surface area (Å²) in [6.45, 7) is -0.434. The van der Waals surface area contributed by atoms with Gasteiger partial charge in [0.05, 0.1) is 18.3 Å². The monoisotopic (exact) mass is 309 g/mol. The molecule has 0 radical (unpaired) electrons. The summed E-state index contributed by atoms with van der Waals surface area (Å²) in [5.74, 6) is -2.69. The van der Waals surface area contributed by atoms with Crippen molar-refractivity contribution in [3.05, 3.63) is 11.1 Å². The van der Waals surface area contributed by atoms with Crippen molar-refractivity contribution in [1.29, 1.82) is 0 Å². The summed E-state index contributed by atoms with van der Waals surface area (Å²) in [5.41, 5.74) is 1.00. The zero-order valence-corrected chi connectivity index (χ0v) is 11.6. The van der Waals surface area contributed by atoms with Gasteiger partial charge in [-0.3, -0.25) is 10.1 Å². The van der Waals surface area contributed by atoms with E-state index in [0.29, 0.717) is 11.0 Å². The highest BCUT2D eigenvalue weighted by atomic mass is 35.5. The van der Waals surface area contributed by atoms with Crippen molar-refractivity contribution in [2.24, 2.45) is 0 Å². The van der Waals surface area contributed by atoms with Gasteiger partial charge < -0.3 is 5.32 Å². The number of hydrogen-bond acceptors (Lipinski definition) is 4. The third-order valence-electron chi connectivity index (χ3n) is 3.17. The zero-order chi connectivity index (χ0) is 12.8. The Morgan fingerprint density at radius 2 is 2.26 bits per heavy atom. The van der Waals surface area contributed by atoms with Gasteiger partial charge in [-0.1, -0.05) is 0 Å². The molecule has 4 nitrogen and oxygen atoms in total. The van der Waals surface area contributed by atoms with Crippen LogP contribution in [-0.4, -0.2) is 29.4 Å². The minimum Gasteiger partial charge on any atom is -0.301 e. The number of amides is 1. The Bertz CT molecular complexity index is 478. The van der Waals surface area contributed by atoms with Crippen molar-refractivity contribution in [1.82, 2.24) is 10.3 Å². The first-order valence-corrected chi connectivity index (χ1v) is 6.79. The van der Waals surface area contributed by atoms with Gasteiger partial charge in [0.2, 0.25) is 5.91 Å². The van der Waals surface area contributed by atoms with Gasteiger partial charge in [0.25, 0.3) is 5.92 Å². The number of nitrogens with zero attached hydrogens (tertiary/aromatic N) is 1. The first-order valence-electron chi connectivity index (χ1n) is 5.91. The Balaban J connectivity index is 0.00000133. The number of halogens is 3. The van der Waals surface area contributed by atoms with Crippen LogP contribution in [0.15, 0.2) is 5.38 Å². The van der Waals surface area contributed by atoms with Crippen molar-refractivity contribution in [2.45, 2.75) is 37.1 Å². The molecule has 2 N–H and O–H groups in total. The predicted molar refractivity (Wildman–Crippen MR) is 71.3 cm³/mol. The summed E-state index contributed by atoms with van der Waals surface area (Å²) in [5, 5.41) is 7.54. The average Bonchev–Trinajstić information content (AvgIpc) is 2.95. The number of alkyl halides is 2. The van der Waals surface area contributed by atoms with Gasteiger partial charge in [0.15, 0.2) is 5.13 Å². The summed E-state index contributed by atoms with van der Waals surface area (Å²) >= 11 is 1.35. The lowest BCUT2D eigenvalue weighted by molar-refractivity contribution is -0.118. The van der Waals surface area contributed by atoms with Crippen LogP contribution in [0.4, 0.5) is 13.9 Å². The number of anilines is 1. The molecule has 3 rings (SSSR count). The van der Waals surface area contributed by atoms with E-state index in [1.165, 1.54) is 11.3 Å². The SMILES string of the molecule is Cl.O=C(Nc1nc(C2CC2)cs1)C1CC(F)(F)CN1. The Morgan fingerprint density at radius 1 is 1.53 bits per heavy atom. The van der Waals surface area contributed by atoms with Crippen LogP contribution in [0.3, 0.4) is 0 Å². The molecular formula is C11H14ClF2N3OS. The van der Waals surface area contributed by atoms with Crippen molar-refractivity contribution in [3.63, 3.8) is 0 Å². The molecule has 0 aromatic carbocycles. The first-order chi connectivity index (χ1) is 8.53. The maximum Gasteiger partial charge on any atom is 0.262 e. The second kappa shape index (κ2) is 5.30. The topological polar surface area (TPSA) is 54.0 Å². The third-order valence-corrected chi connectivity index (χ3v) is 3.95. The minimum atomic E-state index is -2.79. The summed E-state index contributed by atoms with van der Waals surface area (Å²) < 4.78 is 25.9. The van der Waals surface area contributed by atoms with E-state index in [9.17, 15) is 13.6 Å². The van der Waals surface area contributed by atoms with E-state index in [0.717, 1.165) is 18.5 Å². The molecule has 1 atom stereocenters. The van der Waals surface area contributed by atoms with E-state index in [4.69, 9.17) is 0 Å². The van der Waals surface area contributed by atoms with Gasteiger partial charge in [-0.15, -0.1) is 23.7 Å². The van der Waals surface area contributed by atoms with Gasteiger partial charge in [-0.2, -0.15) is 0 Å². The van der Waals surface area contributed by atoms with Crippen LogP contribution in [0.2, 0.25) is 0 Å². The summed E-state index contributed by atoms with van der Waals surface area (Å²) in [7, 11) is 0. The predicted octanol–water partition coefficient (Wildman–Crippen LogP) is 2.38. The molecule has 1 saturated carbocycles. The lowest BCUT2D eigenvalue weighted by Gasteiger charge is -2.08. The molecular weight excluding hydrogens is 296 g/mol. The van der Waals surface area contributed by atoms with Crippen LogP contribution in [0.1, 0.15) is 30.9 Å². The number of carbonyl (C=O) groups excluding carboxylic acids is 1. The molecule has 8 heteroatoms. The fraction of sp³-hybridized carbons (Fsp3) is 0.636. The molecule has 1 unspecified atom stereocenters. The fourth-order valence-electron chi connectivity index (χ4n) is 2.00. The van der Waals surface area contributed by atoms with E-state index in [-0.39, 0.29) is 12.4 Å². The number of carbonyl (C=O) groups is 1. The Kier molecular flexibility index (Phi) is 4.08. The second-order valence-corrected chi connectivity index (χ2v) is 5.69. The number of thiazole rings is 1. The van der Waals surface area contributed by atoms with Crippen LogP contribution >= 0.6 is 23.7 Å². The van der Waals surface area contributed by atoms with Crippen LogP contribution in [0.25, 0.3) is 0 Å². The van der Waals surface area contributed by atoms with Crippen molar-refractivity contribution >= 4 is 34.8 Å². The molecule has 2 fully saturated rings. The number of hydrogen-bond donors (Lipinski definition) is 2. The van der Waals surface area contributed by atoms with Gasteiger partial charge in [-0.05, 0) is 12.8 Å². The highest BCUT2D eigenvalue weighted by Crippen LogP contribution is 2.40. The lowest BCUT2D eigenvalue weighted by atomic mass is 10.2. The molecule has 1 aliphatic heterocycles.